The van der Waals surface area contributed by atoms with Gasteiger partial charge in [-0.3, -0.25) is 14.7 Å². The molecule has 3 aliphatic heterocycles. The summed E-state index contributed by atoms with van der Waals surface area (Å²) < 4.78 is 13.7. The van der Waals surface area contributed by atoms with Crippen LogP contribution >= 0.6 is 0 Å². The van der Waals surface area contributed by atoms with E-state index in [1.54, 1.807) is 0 Å². The Morgan fingerprint density at radius 3 is 2.70 bits per heavy atom. The molecule has 3 saturated heterocycles. The molecule has 1 amide bonds. The first-order valence-corrected chi connectivity index (χ1v) is 7.24. The van der Waals surface area contributed by atoms with E-state index in [2.05, 4.69) is 23.7 Å². The van der Waals surface area contributed by atoms with Crippen molar-refractivity contribution in [1.82, 2.24) is 14.8 Å². The van der Waals surface area contributed by atoms with E-state index in [1.165, 1.54) is 12.3 Å². The summed E-state index contributed by atoms with van der Waals surface area (Å²) in [4.78, 5) is 20.5. The number of hydrogen-bond acceptors (Lipinski definition) is 3. The fraction of sp³-hybridized carbons (Fsp3) is 0.600. The first-order chi connectivity index (χ1) is 9.58. The maximum atomic E-state index is 13.7. The van der Waals surface area contributed by atoms with Crippen LogP contribution in [0.4, 0.5) is 4.39 Å². The summed E-state index contributed by atoms with van der Waals surface area (Å²) in [5, 5.41) is 0. The van der Waals surface area contributed by atoms with Gasteiger partial charge in [0, 0.05) is 37.4 Å². The van der Waals surface area contributed by atoms with Gasteiger partial charge in [-0.25, -0.2) is 4.39 Å². The number of fused-ring (bicyclic) bond motifs is 3. The van der Waals surface area contributed by atoms with Crippen molar-refractivity contribution in [1.29, 1.82) is 0 Å². The molecule has 20 heavy (non-hydrogen) atoms. The van der Waals surface area contributed by atoms with E-state index >= 15 is 0 Å². The summed E-state index contributed by atoms with van der Waals surface area (Å²) in [6.45, 7) is 6.00. The Kier molecular flexibility index (Phi) is 3.46. The second kappa shape index (κ2) is 5.13. The molecule has 0 N–H and O–H groups in total. The predicted octanol–water partition coefficient (Wildman–Crippen LogP) is 1.92. The van der Waals surface area contributed by atoms with Crippen molar-refractivity contribution >= 4 is 5.91 Å². The largest absolute Gasteiger partial charge is 0.333 e. The summed E-state index contributed by atoms with van der Waals surface area (Å²) >= 11 is 0. The zero-order valence-electron chi connectivity index (χ0n) is 11.9. The van der Waals surface area contributed by atoms with Crippen LogP contribution in [0.2, 0.25) is 0 Å². The monoisotopic (exact) mass is 277 g/mol. The zero-order chi connectivity index (χ0) is 14.3. The fourth-order valence-corrected chi connectivity index (χ4v) is 3.45. The van der Waals surface area contributed by atoms with Gasteiger partial charge < -0.3 is 4.90 Å². The normalized spacial score (nSPS) is 26.3. The molecule has 5 heteroatoms. The molecule has 3 aliphatic rings. The molecule has 4 heterocycles. The number of amides is 1. The number of halogens is 1. The lowest BCUT2D eigenvalue weighted by atomic mass is 9.89. The highest BCUT2D eigenvalue weighted by Gasteiger charge is 2.42. The minimum atomic E-state index is -0.528. The maximum Gasteiger partial charge on any atom is 0.257 e. The Hall–Kier alpha value is -1.49. The quantitative estimate of drug-likeness (QED) is 0.828. The molecule has 0 radical (unpaired) electrons. The standard InChI is InChI=1S/C15H20FN3O/c1-10(2)18-8-12-4-3-11(18)9-19(12)15(20)13-5-6-17-7-14(13)16/h5-7,10-12H,3-4,8-9H2,1-2H3/t11-,12+/m0/s1. The molecule has 0 spiro atoms. The predicted molar refractivity (Wildman–Crippen MR) is 73.9 cm³/mol. The van der Waals surface area contributed by atoms with Crippen LogP contribution in [0.1, 0.15) is 37.0 Å². The molecule has 0 saturated carbocycles. The zero-order valence-corrected chi connectivity index (χ0v) is 11.9. The third-order valence-electron chi connectivity index (χ3n) is 4.50. The minimum Gasteiger partial charge on any atom is -0.333 e. The van der Waals surface area contributed by atoms with Gasteiger partial charge in [0.05, 0.1) is 11.8 Å². The van der Waals surface area contributed by atoms with Gasteiger partial charge in [0.15, 0.2) is 5.82 Å². The summed E-state index contributed by atoms with van der Waals surface area (Å²) in [6.07, 6.45) is 4.73. The molecule has 4 nitrogen and oxygen atoms in total. The first kappa shape index (κ1) is 13.5. The van der Waals surface area contributed by atoms with Gasteiger partial charge in [0.2, 0.25) is 0 Å². The fourth-order valence-electron chi connectivity index (χ4n) is 3.45. The van der Waals surface area contributed by atoms with E-state index in [0.29, 0.717) is 18.6 Å². The molecule has 0 aromatic carbocycles. The summed E-state index contributed by atoms with van der Waals surface area (Å²) in [5.74, 6) is -0.720. The Bertz CT molecular complexity index is 520. The molecule has 1 aromatic heterocycles. The van der Waals surface area contributed by atoms with Gasteiger partial charge in [0.1, 0.15) is 0 Å². The van der Waals surface area contributed by atoms with Gasteiger partial charge in [-0.2, -0.15) is 0 Å². The number of piperazine rings is 1. The van der Waals surface area contributed by atoms with Crippen molar-refractivity contribution in [2.75, 3.05) is 13.1 Å². The highest BCUT2D eigenvalue weighted by Crippen LogP contribution is 2.31. The SMILES string of the molecule is CC(C)N1C[C@H]2CC[C@H]1CN2C(=O)c1ccncc1F. The molecule has 0 unspecified atom stereocenters. The van der Waals surface area contributed by atoms with E-state index in [4.69, 9.17) is 0 Å². The average molecular weight is 277 g/mol. The van der Waals surface area contributed by atoms with Crippen LogP contribution in [-0.4, -0.2) is 51.9 Å². The van der Waals surface area contributed by atoms with Crippen molar-refractivity contribution in [3.8, 4) is 0 Å². The van der Waals surface area contributed by atoms with E-state index in [-0.39, 0.29) is 17.5 Å². The molecule has 2 bridgehead atoms. The lowest BCUT2D eigenvalue weighted by molar-refractivity contribution is -0.0254. The van der Waals surface area contributed by atoms with Gasteiger partial charge in [0.25, 0.3) is 5.91 Å². The van der Waals surface area contributed by atoms with Crippen molar-refractivity contribution in [2.24, 2.45) is 0 Å². The van der Waals surface area contributed by atoms with E-state index in [1.807, 2.05) is 4.90 Å². The lowest BCUT2D eigenvalue weighted by Crippen LogP contribution is -2.65. The number of carbonyl (C=O) groups excluding carboxylic acids is 1. The smallest absolute Gasteiger partial charge is 0.257 e. The van der Waals surface area contributed by atoms with E-state index in [9.17, 15) is 9.18 Å². The van der Waals surface area contributed by atoms with Crippen molar-refractivity contribution in [3.63, 3.8) is 0 Å². The second-order valence-corrected chi connectivity index (χ2v) is 5.99. The number of rotatable bonds is 2. The number of nitrogens with zero attached hydrogens (tertiary/aromatic N) is 3. The lowest BCUT2D eigenvalue weighted by Gasteiger charge is -2.53. The Labute approximate surface area is 118 Å². The molecule has 1 aromatic rings. The highest BCUT2D eigenvalue weighted by molar-refractivity contribution is 5.94. The summed E-state index contributed by atoms with van der Waals surface area (Å²) in [6, 6.07) is 2.59. The number of hydrogen-bond donors (Lipinski definition) is 0. The van der Waals surface area contributed by atoms with Crippen LogP contribution in [0.25, 0.3) is 0 Å². The molecular formula is C15H20FN3O. The van der Waals surface area contributed by atoms with Crippen LogP contribution in [0.15, 0.2) is 18.5 Å². The van der Waals surface area contributed by atoms with Gasteiger partial charge >= 0.3 is 0 Å². The maximum absolute atomic E-state index is 13.7. The van der Waals surface area contributed by atoms with Crippen molar-refractivity contribution in [3.05, 3.63) is 29.8 Å². The van der Waals surface area contributed by atoms with Crippen LogP contribution in [-0.2, 0) is 0 Å². The molecule has 108 valence electrons. The molecular weight excluding hydrogens is 257 g/mol. The summed E-state index contributed by atoms with van der Waals surface area (Å²) in [7, 11) is 0. The number of carbonyl (C=O) groups is 1. The van der Waals surface area contributed by atoms with Crippen molar-refractivity contribution in [2.45, 2.75) is 44.8 Å². The minimum absolute atomic E-state index is 0.142. The van der Waals surface area contributed by atoms with Gasteiger partial charge in [-0.1, -0.05) is 0 Å². The number of pyridine rings is 1. The van der Waals surface area contributed by atoms with E-state index in [0.717, 1.165) is 25.6 Å². The molecule has 3 fully saturated rings. The topological polar surface area (TPSA) is 36.4 Å². The van der Waals surface area contributed by atoms with Gasteiger partial charge in [-0.15, -0.1) is 0 Å². The number of aromatic nitrogens is 1. The first-order valence-electron chi connectivity index (χ1n) is 7.24. The highest BCUT2D eigenvalue weighted by atomic mass is 19.1. The average Bonchev–Trinajstić information content (AvgIpc) is 2.47. The summed E-state index contributed by atoms with van der Waals surface area (Å²) in [5.41, 5.74) is 0.142. The molecule has 0 aliphatic carbocycles. The molecule has 2 atom stereocenters. The van der Waals surface area contributed by atoms with Gasteiger partial charge in [-0.05, 0) is 32.8 Å². The van der Waals surface area contributed by atoms with Crippen molar-refractivity contribution < 1.29 is 9.18 Å². The second-order valence-electron chi connectivity index (χ2n) is 5.99. The molecule has 4 rings (SSSR count). The van der Waals surface area contributed by atoms with Crippen LogP contribution in [0.5, 0.6) is 0 Å². The Balaban J connectivity index is 1.80. The Morgan fingerprint density at radius 1 is 1.35 bits per heavy atom. The van der Waals surface area contributed by atoms with Crippen LogP contribution in [0, 0.1) is 5.82 Å². The number of piperidine rings is 2. The van der Waals surface area contributed by atoms with Crippen LogP contribution in [0.3, 0.4) is 0 Å². The Morgan fingerprint density at radius 2 is 2.10 bits per heavy atom. The third kappa shape index (κ3) is 2.20. The van der Waals surface area contributed by atoms with Crippen LogP contribution < -0.4 is 0 Å². The third-order valence-corrected chi connectivity index (χ3v) is 4.50. The van der Waals surface area contributed by atoms with E-state index < -0.39 is 5.82 Å².